The molecule has 2 atom stereocenters. The molecule has 0 saturated heterocycles. The zero-order chi connectivity index (χ0) is 18.8. The highest BCUT2D eigenvalue weighted by atomic mass is 35.5. The Hall–Kier alpha value is -1.06. The number of halogens is 1. The van der Waals surface area contributed by atoms with Crippen molar-refractivity contribution < 1.29 is 5.11 Å². The summed E-state index contributed by atoms with van der Waals surface area (Å²) >= 11 is 5.88. The number of hydrogen-bond acceptors (Lipinski definition) is 3. The van der Waals surface area contributed by atoms with E-state index in [2.05, 4.69) is 58.5 Å². The summed E-state index contributed by atoms with van der Waals surface area (Å²) in [5, 5.41) is 10.8. The van der Waals surface area contributed by atoms with E-state index in [1.54, 1.807) is 0 Å². The Morgan fingerprint density at radius 3 is 2.28 bits per heavy atom. The summed E-state index contributed by atoms with van der Waals surface area (Å²) in [5.74, 6) is 0.343. The second-order valence-electron chi connectivity index (χ2n) is 9.31. The second kappa shape index (κ2) is 7.67. The average Bonchev–Trinajstić information content (AvgIpc) is 2.51. The smallest absolute Gasteiger partial charge is 0.128 e. The van der Waals surface area contributed by atoms with E-state index in [4.69, 9.17) is 16.8 Å². The minimum Gasteiger partial charge on any atom is -0.507 e. The van der Waals surface area contributed by atoms with Crippen molar-refractivity contribution in [1.29, 1.82) is 0 Å². The van der Waals surface area contributed by atoms with Gasteiger partial charge in [0.05, 0.1) is 6.04 Å². The number of aromatic hydroxyl groups is 1. The van der Waals surface area contributed by atoms with Crippen molar-refractivity contribution >= 4 is 18.0 Å². The van der Waals surface area contributed by atoms with Gasteiger partial charge < -0.3 is 5.11 Å². The van der Waals surface area contributed by atoms with Crippen LogP contribution in [0.3, 0.4) is 0 Å². The molecular formula is C21H33ClN2O. The third kappa shape index (κ3) is 4.98. The summed E-state index contributed by atoms with van der Waals surface area (Å²) in [5.41, 5.74) is 2.88. The fourth-order valence-electron chi connectivity index (χ4n) is 3.35. The lowest BCUT2D eigenvalue weighted by atomic mass is 9.79. The van der Waals surface area contributed by atoms with Crippen molar-refractivity contribution in [2.75, 3.05) is 0 Å². The lowest BCUT2D eigenvalue weighted by molar-refractivity contribution is 0.369. The fourth-order valence-corrected chi connectivity index (χ4v) is 3.61. The summed E-state index contributed by atoms with van der Waals surface area (Å²) in [6.07, 6.45) is 6.30. The molecule has 1 aliphatic rings. The standard InChI is InChI=1S/C21H33ClN2O/c1-20(2,3)15-11-14(19(25)16(12-15)21(4,5)6)13-23-17-9-7-8-10-18(17)24-22/h11-13,17-18,24-25H,7-10H2,1-6H3/t17-,18-/m1/s1. The van der Waals surface area contributed by atoms with Crippen LogP contribution in [-0.4, -0.2) is 23.4 Å². The molecule has 1 aliphatic carbocycles. The molecular weight excluding hydrogens is 332 g/mol. The fraction of sp³-hybridized carbons (Fsp3) is 0.667. The predicted molar refractivity (Wildman–Crippen MR) is 108 cm³/mol. The zero-order valence-electron chi connectivity index (χ0n) is 16.5. The Kier molecular flexibility index (Phi) is 6.22. The van der Waals surface area contributed by atoms with Crippen LogP contribution in [0.1, 0.15) is 83.9 Å². The van der Waals surface area contributed by atoms with Crippen molar-refractivity contribution in [3.8, 4) is 5.75 Å². The van der Waals surface area contributed by atoms with Crippen LogP contribution in [0.15, 0.2) is 17.1 Å². The third-order valence-corrected chi connectivity index (χ3v) is 5.37. The first-order valence-corrected chi connectivity index (χ1v) is 9.69. The maximum atomic E-state index is 10.8. The van der Waals surface area contributed by atoms with E-state index < -0.39 is 0 Å². The lowest BCUT2D eigenvalue weighted by Gasteiger charge is -2.28. The Morgan fingerprint density at radius 2 is 1.72 bits per heavy atom. The summed E-state index contributed by atoms with van der Waals surface area (Å²) in [7, 11) is 0. The van der Waals surface area contributed by atoms with Crippen LogP contribution in [0.25, 0.3) is 0 Å². The molecule has 0 bridgehead atoms. The number of hydrogen-bond donors (Lipinski definition) is 2. The molecule has 1 aromatic carbocycles. The van der Waals surface area contributed by atoms with Gasteiger partial charge in [0.15, 0.2) is 0 Å². The van der Waals surface area contributed by atoms with Gasteiger partial charge in [-0.05, 0) is 47.1 Å². The number of phenols is 1. The van der Waals surface area contributed by atoms with Crippen molar-refractivity contribution in [2.45, 2.75) is 90.1 Å². The van der Waals surface area contributed by atoms with Gasteiger partial charge in [-0.1, -0.05) is 60.5 Å². The Labute approximate surface area is 158 Å². The molecule has 4 heteroatoms. The first-order valence-electron chi connectivity index (χ1n) is 9.31. The number of rotatable bonds is 3. The molecule has 0 heterocycles. The van der Waals surface area contributed by atoms with Gasteiger partial charge in [0.2, 0.25) is 0 Å². The maximum Gasteiger partial charge on any atom is 0.128 e. The van der Waals surface area contributed by atoms with Gasteiger partial charge in [-0.15, -0.1) is 0 Å². The number of nitrogens with zero attached hydrogens (tertiary/aromatic N) is 1. The first-order chi connectivity index (χ1) is 11.5. The lowest BCUT2D eigenvalue weighted by Crippen LogP contribution is -2.36. The molecule has 0 radical (unpaired) electrons. The molecule has 0 aliphatic heterocycles. The van der Waals surface area contributed by atoms with Gasteiger partial charge in [-0.3, -0.25) is 4.99 Å². The Morgan fingerprint density at radius 1 is 1.08 bits per heavy atom. The summed E-state index contributed by atoms with van der Waals surface area (Å²) < 4.78 is 0. The molecule has 1 fully saturated rings. The van der Waals surface area contributed by atoms with E-state index in [1.807, 2.05) is 6.21 Å². The van der Waals surface area contributed by atoms with Crippen LogP contribution in [0.5, 0.6) is 5.75 Å². The van der Waals surface area contributed by atoms with Gasteiger partial charge in [-0.25, -0.2) is 4.84 Å². The van der Waals surface area contributed by atoms with Crippen LogP contribution in [0.2, 0.25) is 0 Å². The van der Waals surface area contributed by atoms with Crippen LogP contribution in [-0.2, 0) is 10.8 Å². The SMILES string of the molecule is CC(C)(C)c1cc(C=N[C@@H]2CCCC[C@H]2NCl)c(O)c(C(C)(C)C)c1. The highest BCUT2D eigenvalue weighted by Gasteiger charge is 2.26. The topological polar surface area (TPSA) is 44.6 Å². The van der Waals surface area contributed by atoms with Gasteiger partial charge in [-0.2, -0.15) is 0 Å². The average molecular weight is 365 g/mol. The number of aliphatic imine (C=N–C) groups is 1. The molecule has 140 valence electrons. The van der Waals surface area contributed by atoms with Crippen LogP contribution in [0.4, 0.5) is 0 Å². The molecule has 0 amide bonds. The highest BCUT2D eigenvalue weighted by molar-refractivity contribution is 6.13. The first kappa shape index (κ1) is 20.3. The molecule has 25 heavy (non-hydrogen) atoms. The van der Waals surface area contributed by atoms with Crippen molar-refractivity contribution in [1.82, 2.24) is 4.84 Å². The summed E-state index contributed by atoms with van der Waals surface area (Å²) in [4.78, 5) is 7.65. The molecule has 1 saturated carbocycles. The number of nitrogens with one attached hydrogen (secondary N) is 1. The van der Waals surface area contributed by atoms with E-state index >= 15 is 0 Å². The Bertz CT molecular complexity index is 626. The van der Waals surface area contributed by atoms with E-state index in [0.29, 0.717) is 5.75 Å². The molecule has 2 N–H and O–H groups in total. The monoisotopic (exact) mass is 364 g/mol. The zero-order valence-corrected chi connectivity index (χ0v) is 17.2. The quantitative estimate of drug-likeness (QED) is 0.552. The Balaban J connectivity index is 2.43. The summed E-state index contributed by atoms with van der Waals surface area (Å²) in [6, 6.07) is 4.58. The number of phenolic OH excluding ortho intramolecular Hbond substituents is 1. The minimum atomic E-state index is -0.126. The van der Waals surface area contributed by atoms with E-state index in [9.17, 15) is 5.11 Å². The van der Waals surface area contributed by atoms with Crippen LogP contribution in [0, 0.1) is 0 Å². The van der Waals surface area contributed by atoms with Gasteiger partial charge in [0.25, 0.3) is 0 Å². The molecule has 2 rings (SSSR count). The maximum absolute atomic E-state index is 10.8. The summed E-state index contributed by atoms with van der Waals surface area (Å²) in [6.45, 7) is 13.0. The van der Waals surface area contributed by atoms with E-state index in [1.165, 1.54) is 18.4 Å². The third-order valence-electron chi connectivity index (χ3n) is 5.09. The van der Waals surface area contributed by atoms with Gasteiger partial charge >= 0.3 is 0 Å². The van der Waals surface area contributed by atoms with Gasteiger partial charge in [0, 0.05) is 23.4 Å². The van der Waals surface area contributed by atoms with Crippen molar-refractivity contribution in [3.05, 3.63) is 28.8 Å². The normalized spacial score (nSPS) is 22.5. The van der Waals surface area contributed by atoms with E-state index in [-0.39, 0.29) is 22.9 Å². The largest absolute Gasteiger partial charge is 0.507 e. The molecule has 0 unspecified atom stereocenters. The molecule has 0 aromatic heterocycles. The highest BCUT2D eigenvalue weighted by Crippen LogP contribution is 2.37. The predicted octanol–water partition coefficient (Wildman–Crippen LogP) is 5.46. The number of benzene rings is 1. The van der Waals surface area contributed by atoms with Crippen LogP contribution >= 0.6 is 11.8 Å². The van der Waals surface area contributed by atoms with Gasteiger partial charge in [0.1, 0.15) is 5.75 Å². The second-order valence-corrected chi connectivity index (χ2v) is 9.53. The van der Waals surface area contributed by atoms with Crippen molar-refractivity contribution in [3.63, 3.8) is 0 Å². The van der Waals surface area contributed by atoms with E-state index in [0.717, 1.165) is 24.0 Å². The minimum absolute atomic E-state index is 0.0152. The van der Waals surface area contributed by atoms with Crippen molar-refractivity contribution in [2.24, 2.45) is 4.99 Å². The molecule has 1 aromatic rings. The molecule has 0 spiro atoms. The van der Waals surface area contributed by atoms with Crippen LogP contribution < -0.4 is 4.84 Å². The molecule has 3 nitrogen and oxygen atoms in total.